The van der Waals surface area contributed by atoms with E-state index in [0.717, 1.165) is 30.2 Å². The van der Waals surface area contributed by atoms with Gasteiger partial charge in [0.2, 0.25) is 0 Å². The van der Waals surface area contributed by atoms with Gasteiger partial charge in [-0.15, -0.1) is 0 Å². The Morgan fingerprint density at radius 3 is 2.84 bits per heavy atom. The van der Waals surface area contributed by atoms with Crippen LogP contribution >= 0.6 is 27.5 Å². The molecule has 0 unspecified atom stereocenters. The molecule has 1 heterocycles. The Morgan fingerprint density at radius 2 is 2.06 bits per heavy atom. The number of nitrogens with zero attached hydrogens (tertiary/aromatic N) is 4. The second-order valence-corrected chi connectivity index (χ2v) is 8.81. The summed E-state index contributed by atoms with van der Waals surface area (Å²) in [5.74, 6) is 1.33. The van der Waals surface area contributed by atoms with Gasteiger partial charge >= 0.3 is 0 Å². The smallest absolute Gasteiger partial charge is 0.282 e. The van der Waals surface area contributed by atoms with Gasteiger partial charge < -0.3 is 4.74 Å². The highest BCUT2D eigenvalue weighted by atomic mass is 79.9. The third-order valence-corrected chi connectivity index (χ3v) is 6.11. The number of hydrogen-bond donors (Lipinski definition) is 0. The van der Waals surface area contributed by atoms with Crippen LogP contribution in [0.4, 0.5) is 0 Å². The minimum absolute atomic E-state index is 0.0959. The van der Waals surface area contributed by atoms with Crippen LogP contribution in [-0.4, -0.2) is 22.5 Å². The van der Waals surface area contributed by atoms with E-state index in [1.807, 2.05) is 18.2 Å². The van der Waals surface area contributed by atoms with Crippen molar-refractivity contribution in [3.05, 3.63) is 67.6 Å². The van der Waals surface area contributed by atoms with E-state index in [-0.39, 0.29) is 18.1 Å². The van der Waals surface area contributed by atoms with Crippen LogP contribution in [0.1, 0.15) is 49.4 Å². The maximum atomic E-state index is 13.4. The fraction of sp³-hybridized carbons (Fsp3) is 0.304. The summed E-state index contributed by atoms with van der Waals surface area (Å²) >= 11 is 9.58. The lowest BCUT2D eigenvalue weighted by Crippen LogP contribution is -2.25. The fourth-order valence-electron chi connectivity index (χ4n) is 3.88. The van der Waals surface area contributed by atoms with Gasteiger partial charge in [-0.05, 0) is 49.2 Å². The molecule has 1 aliphatic rings. The lowest BCUT2D eigenvalue weighted by molar-refractivity contribution is 0.367. The van der Waals surface area contributed by atoms with Gasteiger partial charge in [0.05, 0.1) is 17.1 Å². The van der Waals surface area contributed by atoms with Crippen LogP contribution in [0.2, 0.25) is 5.02 Å². The molecule has 1 aliphatic carbocycles. The van der Waals surface area contributed by atoms with E-state index >= 15 is 0 Å². The molecule has 1 saturated carbocycles. The van der Waals surface area contributed by atoms with E-state index in [9.17, 15) is 4.79 Å². The van der Waals surface area contributed by atoms with Crippen LogP contribution < -0.4 is 10.3 Å². The van der Waals surface area contributed by atoms with Crippen molar-refractivity contribution in [2.24, 2.45) is 5.10 Å². The standard InChI is InChI=1S/C23H20BrClN4O2/c24-17-6-8-20-19(13-17)23(30)29(22(28-20)15-4-2-1-3-5-15)27-14-16-12-18(25)7-9-21(16)31-11-10-26/h6-9,12-15H,1-5,11H2. The summed E-state index contributed by atoms with van der Waals surface area (Å²) in [4.78, 5) is 18.2. The summed E-state index contributed by atoms with van der Waals surface area (Å²) < 4.78 is 7.68. The number of ether oxygens (including phenoxy) is 1. The largest absolute Gasteiger partial charge is 0.478 e. The molecule has 0 saturated heterocycles. The Hall–Kier alpha value is -2.69. The zero-order valence-electron chi connectivity index (χ0n) is 16.7. The topological polar surface area (TPSA) is 80.3 Å². The molecule has 4 rings (SSSR count). The summed E-state index contributed by atoms with van der Waals surface area (Å²) in [5, 5.41) is 14.4. The van der Waals surface area contributed by atoms with E-state index in [4.69, 9.17) is 26.6 Å². The molecular formula is C23H20BrClN4O2. The molecule has 1 fully saturated rings. The first-order valence-corrected chi connectivity index (χ1v) is 11.3. The molecule has 0 spiro atoms. The lowest BCUT2D eigenvalue weighted by Gasteiger charge is -2.22. The van der Waals surface area contributed by atoms with E-state index in [2.05, 4.69) is 21.0 Å². The van der Waals surface area contributed by atoms with Crippen molar-refractivity contribution >= 4 is 44.6 Å². The highest BCUT2D eigenvalue weighted by molar-refractivity contribution is 9.10. The van der Waals surface area contributed by atoms with Gasteiger partial charge in [0, 0.05) is 21.0 Å². The third kappa shape index (κ3) is 4.81. The molecule has 1 aromatic heterocycles. The van der Waals surface area contributed by atoms with Gasteiger partial charge in [-0.2, -0.15) is 15.0 Å². The van der Waals surface area contributed by atoms with Crippen molar-refractivity contribution in [1.29, 1.82) is 5.26 Å². The predicted octanol–water partition coefficient (Wildman–Crippen LogP) is 5.64. The van der Waals surface area contributed by atoms with Crippen LogP contribution in [0, 0.1) is 11.3 Å². The van der Waals surface area contributed by atoms with Gasteiger partial charge in [0.15, 0.2) is 6.61 Å². The first-order chi connectivity index (χ1) is 15.1. The lowest BCUT2D eigenvalue weighted by atomic mass is 9.88. The molecular weight excluding hydrogens is 480 g/mol. The highest BCUT2D eigenvalue weighted by Crippen LogP contribution is 2.32. The van der Waals surface area contributed by atoms with Crippen LogP contribution in [0.3, 0.4) is 0 Å². The summed E-state index contributed by atoms with van der Waals surface area (Å²) in [6.07, 6.45) is 6.94. The average Bonchev–Trinajstić information content (AvgIpc) is 2.78. The number of fused-ring (bicyclic) bond motifs is 1. The normalized spacial score (nSPS) is 14.7. The van der Waals surface area contributed by atoms with E-state index in [0.29, 0.717) is 33.1 Å². The van der Waals surface area contributed by atoms with Crippen molar-refractivity contribution in [2.45, 2.75) is 38.0 Å². The third-order valence-electron chi connectivity index (χ3n) is 5.38. The monoisotopic (exact) mass is 498 g/mol. The first-order valence-electron chi connectivity index (χ1n) is 10.1. The van der Waals surface area contributed by atoms with Crippen LogP contribution in [0.15, 0.2) is 50.8 Å². The van der Waals surface area contributed by atoms with Gasteiger partial charge in [-0.3, -0.25) is 4.79 Å². The molecule has 0 N–H and O–H groups in total. The Balaban J connectivity index is 1.84. The maximum Gasteiger partial charge on any atom is 0.282 e. The van der Waals surface area contributed by atoms with Crippen molar-refractivity contribution in [3.63, 3.8) is 0 Å². The molecule has 0 aliphatic heterocycles. The maximum absolute atomic E-state index is 13.4. The predicted molar refractivity (Wildman–Crippen MR) is 125 cm³/mol. The summed E-state index contributed by atoms with van der Waals surface area (Å²) in [6.45, 7) is -0.0959. The molecule has 0 amide bonds. The van der Waals surface area contributed by atoms with Crippen molar-refractivity contribution in [2.75, 3.05) is 6.61 Å². The molecule has 6 nitrogen and oxygen atoms in total. The Labute approximate surface area is 193 Å². The molecule has 0 radical (unpaired) electrons. The van der Waals surface area contributed by atoms with Gasteiger partial charge in [0.1, 0.15) is 17.6 Å². The second kappa shape index (κ2) is 9.63. The summed E-state index contributed by atoms with van der Waals surface area (Å²) in [5.41, 5.74) is 1.03. The SMILES string of the molecule is N#CCOc1ccc(Cl)cc1C=Nn1c(C2CCCCC2)nc2ccc(Br)cc2c1=O. The highest BCUT2D eigenvalue weighted by Gasteiger charge is 2.22. The number of rotatable bonds is 5. The summed E-state index contributed by atoms with van der Waals surface area (Å²) in [6, 6.07) is 12.5. The zero-order valence-corrected chi connectivity index (χ0v) is 19.1. The molecule has 0 bridgehead atoms. The average molecular weight is 500 g/mol. The molecule has 3 aromatic rings. The van der Waals surface area contributed by atoms with Gasteiger partial charge in [0.25, 0.3) is 5.56 Å². The number of hydrogen-bond acceptors (Lipinski definition) is 5. The fourth-order valence-corrected chi connectivity index (χ4v) is 4.43. The number of aromatic nitrogens is 2. The van der Waals surface area contributed by atoms with E-state index < -0.39 is 0 Å². The van der Waals surface area contributed by atoms with E-state index in [1.54, 1.807) is 24.3 Å². The molecule has 158 valence electrons. The van der Waals surface area contributed by atoms with Gasteiger partial charge in [-0.1, -0.05) is 46.8 Å². The second-order valence-electron chi connectivity index (χ2n) is 7.46. The van der Waals surface area contributed by atoms with Crippen LogP contribution in [-0.2, 0) is 0 Å². The molecule has 0 atom stereocenters. The van der Waals surface area contributed by atoms with Crippen molar-refractivity contribution in [1.82, 2.24) is 9.66 Å². The first kappa shape index (κ1) is 21.5. The number of benzene rings is 2. The number of nitriles is 1. The minimum Gasteiger partial charge on any atom is -0.478 e. The Kier molecular flexibility index (Phi) is 6.69. The van der Waals surface area contributed by atoms with Crippen molar-refractivity contribution in [3.8, 4) is 11.8 Å². The van der Waals surface area contributed by atoms with Crippen LogP contribution in [0.5, 0.6) is 5.75 Å². The molecule has 8 heteroatoms. The Morgan fingerprint density at radius 1 is 1.26 bits per heavy atom. The Bertz CT molecular complexity index is 1240. The molecule has 2 aromatic carbocycles. The molecule has 31 heavy (non-hydrogen) atoms. The quantitative estimate of drug-likeness (QED) is 0.425. The number of halogens is 2. The van der Waals surface area contributed by atoms with Crippen LogP contribution in [0.25, 0.3) is 10.9 Å². The zero-order chi connectivity index (χ0) is 21.8. The van der Waals surface area contributed by atoms with E-state index in [1.165, 1.54) is 17.3 Å². The summed E-state index contributed by atoms with van der Waals surface area (Å²) in [7, 11) is 0. The minimum atomic E-state index is -0.218. The van der Waals surface area contributed by atoms with Crippen molar-refractivity contribution < 1.29 is 4.74 Å². The van der Waals surface area contributed by atoms with Gasteiger partial charge in [-0.25, -0.2) is 4.98 Å².